The van der Waals surface area contributed by atoms with Crippen LogP contribution in [0.4, 0.5) is 18.9 Å². The first-order valence-electron chi connectivity index (χ1n) is 8.94. The van der Waals surface area contributed by atoms with Crippen molar-refractivity contribution >= 4 is 22.9 Å². The number of halogens is 3. The molecule has 0 fully saturated rings. The molecule has 0 atom stereocenters. The van der Waals surface area contributed by atoms with Crippen LogP contribution >= 0.6 is 11.3 Å². The van der Waals surface area contributed by atoms with Gasteiger partial charge >= 0.3 is 6.36 Å². The Bertz CT molecular complexity index is 1000. The fourth-order valence-electron chi connectivity index (χ4n) is 3.24. The van der Waals surface area contributed by atoms with E-state index < -0.39 is 6.36 Å². The van der Waals surface area contributed by atoms with Crippen molar-refractivity contribution in [2.45, 2.75) is 32.0 Å². The average Bonchev–Trinajstić information content (AvgIpc) is 3.35. The van der Waals surface area contributed by atoms with E-state index in [-0.39, 0.29) is 24.5 Å². The summed E-state index contributed by atoms with van der Waals surface area (Å²) in [6, 6.07) is 7.83. The van der Waals surface area contributed by atoms with E-state index >= 15 is 0 Å². The number of aryl methyl sites for hydroxylation is 2. The molecule has 2 aromatic heterocycles. The Kier molecular flexibility index (Phi) is 5.27. The second-order valence-electron chi connectivity index (χ2n) is 6.48. The predicted molar refractivity (Wildman–Crippen MR) is 99.7 cm³/mol. The first-order chi connectivity index (χ1) is 13.9. The van der Waals surface area contributed by atoms with Crippen LogP contribution in [0, 0.1) is 0 Å². The smallest absolute Gasteiger partial charge is 0.406 e. The molecule has 6 nitrogen and oxygen atoms in total. The molecule has 0 aliphatic carbocycles. The number of carbonyl (C=O) groups excluding carboxylic acids is 1. The highest BCUT2D eigenvalue weighted by Crippen LogP contribution is 2.33. The number of rotatable bonds is 5. The van der Waals surface area contributed by atoms with Crippen molar-refractivity contribution in [2.75, 3.05) is 11.4 Å². The lowest BCUT2D eigenvalue weighted by atomic mass is 10.0. The second kappa shape index (κ2) is 7.86. The highest BCUT2D eigenvalue weighted by molar-refractivity contribution is 7.13. The monoisotopic (exact) mass is 423 g/mol. The summed E-state index contributed by atoms with van der Waals surface area (Å²) >= 11 is 1.49. The number of fused-ring (bicyclic) bond motifs is 1. The van der Waals surface area contributed by atoms with Gasteiger partial charge in [-0.25, -0.2) is 0 Å². The molecule has 1 aliphatic rings. The van der Waals surface area contributed by atoms with E-state index in [4.69, 9.17) is 4.52 Å². The van der Waals surface area contributed by atoms with Crippen LogP contribution in [0.25, 0.3) is 10.7 Å². The summed E-state index contributed by atoms with van der Waals surface area (Å²) in [5.74, 6) is 0.430. The molecule has 0 unspecified atom stereocenters. The van der Waals surface area contributed by atoms with Crippen molar-refractivity contribution in [3.8, 4) is 16.5 Å². The Morgan fingerprint density at radius 1 is 1.31 bits per heavy atom. The number of benzene rings is 1. The molecule has 0 radical (unpaired) electrons. The Balaban J connectivity index is 1.42. The van der Waals surface area contributed by atoms with Crippen molar-refractivity contribution in [2.24, 2.45) is 0 Å². The highest BCUT2D eigenvalue weighted by atomic mass is 32.1. The van der Waals surface area contributed by atoms with Crippen LogP contribution in [0.15, 0.2) is 40.2 Å². The molecule has 0 saturated heterocycles. The summed E-state index contributed by atoms with van der Waals surface area (Å²) in [5.41, 5.74) is 1.27. The van der Waals surface area contributed by atoms with Crippen LogP contribution in [-0.4, -0.2) is 29.0 Å². The molecule has 0 bridgehead atoms. The summed E-state index contributed by atoms with van der Waals surface area (Å²) in [6.07, 6.45) is -3.05. The van der Waals surface area contributed by atoms with Gasteiger partial charge in [-0.15, -0.1) is 24.5 Å². The molecule has 1 amide bonds. The molecule has 3 heterocycles. The average molecular weight is 423 g/mol. The quantitative estimate of drug-likeness (QED) is 0.600. The van der Waals surface area contributed by atoms with E-state index in [0.717, 1.165) is 4.88 Å². The molecule has 0 N–H and O–H groups in total. The zero-order valence-corrected chi connectivity index (χ0v) is 15.9. The van der Waals surface area contributed by atoms with Gasteiger partial charge in [-0.2, -0.15) is 4.98 Å². The normalized spacial score (nSPS) is 14.0. The van der Waals surface area contributed by atoms with Crippen molar-refractivity contribution in [3.05, 3.63) is 47.2 Å². The van der Waals surface area contributed by atoms with Gasteiger partial charge in [-0.3, -0.25) is 4.79 Å². The molecule has 0 spiro atoms. The molecule has 3 aromatic rings. The van der Waals surface area contributed by atoms with Gasteiger partial charge < -0.3 is 14.2 Å². The summed E-state index contributed by atoms with van der Waals surface area (Å²) in [4.78, 5) is 19.5. The minimum Gasteiger partial charge on any atom is -0.406 e. The number of nitrogens with zero attached hydrogens (tertiary/aromatic N) is 3. The molecular weight excluding hydrogens is 407 g/mol. The van der Waals surface area contributed by atoms with Crippen molar-refractivity contribution in [1.82, 2.24) is 10.1 Å². The van der Waals surface area contributed by atoms with Gasteiger partial charge in [-0.1, -0.05) is 11.2 Å². The lowest BCUT2D eigenvalue weighted by Crippen LogP contribution is -2.35. The van der Waals surface area contributed by atoms with E-state index in [0.29, 0.717) is 42.4 Å². The zero-order chi connectivity index (χ0) is 20.4. The Hall–Kier alpha value is -2.88. The standard InChI is InChI=1S/C19H16F3N3O3S/c20-19(21,22)27-13-5-6-14-12(11-13)3-1-9-25(14)17(26)8-7-16-23-18(24-28-16)15-4-2-10-29-15/h2,4-6,10-11H,1,3,7-9H2. The Morgan fingerprint density at radius 2 is 2.17 bits per heavy atom. The van der Waals surface area contributed by atoms with E-state index in [1.807, 2.05) is 17.5 Å². The van der Waals surface area contributed by atoms with Gasteiger partial charge in [0.15, 0.2) is 0 Å². The molecule has 0 saturated carbocycles. The number of thiophene rings is 1. The molecule has 152 valence electrons. The summed E-state index contributed by atoms with van der Waals surface area (Å²) in [6.45, 7) is 0.510. The highest BCUT2D eigenvalue weighted by Gasteiger charge is 2.32. The number of ether oxygens (including phenoxy) is 1. The van der Waals surface area contributed by atoms with Crippen LogP contribution in [0.5, 0.6) is 5.75 Å². The van der Waals surface area contributed by atoms with E-state index in [2.05, 4.69) is 14.9 Å². The minimum absolute atomic E-state index is 0.147. The van der Waals surface area contributed by atoms with Crippen molar-refractivity contribution < 1.29 is 27.2 Å². The molecule has 1 aliphatic heterocycles. The number of amides is 1. The van der Waals surface area contributed by atoms with Gasteiger partial charge in [0.2, 0.25) is 17.6 Å². The fraction of sp³-hybridized carbons (Fsp3) is 0.316. The zero-order valence-electron chi connectivity index (χ0n) is 15.1. The van der Waals surface area contributed by atoms with Crippen LogP contribution in [0.1, 0.15) is 24.3 Å². The number of aromatic nitrogens is 2. The SMILES string of the molecule is O=C(CCc1nc(-c2cccs2)no1)N1CCCc2cc(OC(F)(F)F)ccc21. The molecule has 1 aromatic carbocycles. The minimum atomic E-state index is -4.75. The van der Waals surface area contributed by atoms with Crippen molar-refractivity contribution in [3.63, 3.8) is 0 Å². The molecule has 29 heavy (non-hydrogen) atoms. The maximum atomic E-state index is 12.7. The number of carbonyl (C=O) groups is 1. The fourth-order valence-corrected chi connectivity index (χ4v) is 3.89. The summed E-state index contributed by atoms with van der Waals surface area (Å²) < 4.78 is 46.5. The van der Waals surface area contributed by atoms with Gasteiger partial charge in [0.05, 0.1) is 4.88 Å². The molecule has 4 rings (SSSR count). The van der Waals surface area contributed by atoms with Crippen molar-refractivity contribution in [1.29, 1.82) is 0 Å². The number of hydrogen-bond acceptors (Lipinski definition) is 6. The lowest BCUT2D eigenvalue weighted by Gasteiger charge is -2.30. The molecule has 10 heteroatoms. The van der Waals surface area contributed by atoms with Gasteiger partial charge in [0.1, 0.15) is 5.75 Å². The van der Waals surface area contributed by atoms with Crippen LogP contribution < -0.4 is 9.64 Å². The lowest BCUT2D eigenvalue weighted by molar-refractivity contribution is -0.274. The van der Waals surface area contributed by atoms with E-state index in [1.54, 1.807) is 4.90 Å². The maximum absolute atomic E-state index is 12.7. The third-order valence-corrected chi connectivity index (χ3v) is 5.33. The number of anilines is 1. The Labute approximate surface area is 167 Å². The largest absolute Gasteiger partial charge is 0.573 e. The first kappa shape index (κ1) is 19.4. The first-order valence-corrected chi connectivity index (χ1v) is 9.82. The van der Waals surface area contributed by atoms with Crippen LogP contribution in [-0.2, 0) is 17.6 Å². The van der Waals surface area contributed by atoms with Crippen LogP contribution in [0.3, 0.4) is 0 Å². The Morgan fingerprint density at radius 3 is 2.93 bits per heavy atom. The second-order valence-corrected chi connectivity index (χ2v) is 7.42. The number of alkyl halides is 3. The van der Waals surface area contributed by atoms with Crippen LogP contribution in [0.2, 0.25) is 0 Å². The third-order valence-electron chi connectivity index (χ3n) is 4.47. The maximum Gasteiger partial charge on any atom is 0.573 e. The summed E-state index contributed by atoms with van der Waals surface area (Å²) in [7, 11) is 0. The predicted octanol–water partition coefficient (Wildman–Crippen LogP) is 4.61. The van der Waals surface area contributed by atoms with E-state index in [9.17, 15) is 18.0 Å². The topological polar surface area (TPSA) is 68.5 Å². The van der Waals surface area contributed by atoms with Gasteiger partial charge in [0.25, 0.3) is 0 Å². The number of hydrogen-bond donors (Lipinski definition) is 0. The third kappa shape index (κ3) is 4.58. The van der Waals surface area contributed by atoms with Gasteiger partial charge in [-0.05, 0) is 48.1 Å². The van der Waals surface area contributed by atoms with E-state index in [1.165, 1.54) is 29.5 Å². The molecular formula is C19H16F3N3O3S. The van der Waals surface area contributed by atoms with Gasteiger partial charge in [0, 0.05) is 25.1 Å². The summed E-state index contributed by atoms with van der Waals surface area (Å²) in [5, 5.41) is 5.83.